The number of carbonyl (C=O) groups excluding carboxylic acids is 1. The fourth-order valence-corrected chi connectivity index (χ4v) is 2.20. The van der Waals surface area contributed by atoms with Crippen LogP contribution in [0.5, 0.6) is 0 Å². The minimum absolute atomic E-state index is 0.0839. The smallest absolute Gasteiger partial charge is 0.251 e. The van der Waals surface area contributed by atoms with Gasteiger partial charge in [-0.15, -0.1) is 11.6 Å². The summed E-state index contributed by atoms with van der Waals surface area (Å²) in [5.74, 6) is 0.285. The highest BCUT2D eigenvalue weighted by molar-refractivity contribution is 6.30. The Bertz CT molecular complexity index is 596. The van der Waals surface area contributed by atoms with E-state index in [1.165, 1.54) is 0 Å². The van der Waals surface area contributed by atoms with Gasteiger partial charge < -0.3 is 5.32 Å². The van der Waals surface area contributed by atoms with Crippen LogP contribution in [0.3, 0.4) is 0 Å². The molecule has 0 spiro atoms. The van der Waals surface area contributed by atoms with Gasteiger partial charge in [-0.3, -0.25) is 4.79 Å². The molecule has 0 fully saturated rings. The molecule has 0 saturated heterocycles. The Morgan fingerprint density at radius 3 is 2.55 bits per heavy atom. The Kier molecular flexibility index (Phi) is 5.05. The van der Waals surface area contributed by atoms with Gasteiger partial charge in [-0.2, -0.15) is 0 Å². The number of nitrogens with one attached hydrogen (secondary N) is 1. The summed E-state index contributed by atoms with van der Waals surface area (Å²) >= 11 is 11.6. The molecule has 20 heavy (non-hydrogen) atoms. The van der Waals surface area contributed by atoms with E-state index in [2.05, 4.69) is 5.32 Å². The molecule has 0 aromatic heterocycles. The zero-order valence-corrected chi connectivity index (χ0v) is 12.6. The summed E-state index contributed by atoms with van der Waals surface area (Å²) in [5.41, 5.74) is 2.55. The molecule has 4 heteroatoms. The van der Waals surface area contributed by atoms with Crippen molar-refractivity contribution in [2.75, 3.05) is 0 Å². The van der Waals surface area contributed by atoms with Crippen LogP contribution in [-0.4, -0.2) is 5.91 Å². The molecule has 0 aliphatic carbocycles. The summed E-state index contributed by atoms with van der Waals surface area (Å²) in [6.07, 6.45) is 0. The lowest BCUT2D eigenvalue weighted by atomic mass is 10.1. The van der Waals surface area contributed by atoms with Crippen molar-refractivity contribution < 1.29 is 4.79 Å². The molecule has 0 unspecified atom stereocenters. The average Bonchev–Trinajstić information content (AvgIpc) is 2.47. The van der Waals surface area contributed by atoms with E-state index in [9.17, 15) is 4.79 Å². The van der Waals surface area contributed by atoms with Gasteiger partial charge in [0.2, 0.25) is 0 Å². The highest BCUT2D eigenvalue weighted by atomic mass is 35.5. The molecule has 2 aromatic carbocycles. The Morgan fingerprint density at radius 1 is 1.20 bits per heavy atom. The molecule has 0 aliphatic heterocycles. The van der Waals surface area contributed by atoms with Crippen LogP contribution in [0.15, 0.2) is 48.5 Å². The van der Waals surface area contributed by atoms with Crippen LogP contribution < -0.4 is 5.32 Å². The van der Waals surface area contributed by atoms with Gasteiger partial charge in [-0.05, 0) is 42.3 Å². The van der Waals surface area contributed by atoms with E-state index in [4.69, 9.17) is 23.2 Å². The van der Waals surface area contributed by atoms with Crippen molar-refractivity contribution >= 4 is 29.1 Å². The summed E-state index contributed by atoms with van der Waals surface area (Å²) in [5, 5.41) is 3.64. The van der Waals surface area contributed by atoms with E-state index >= 15 is 0 Å². The molecule has 0 aliphatic rings. The van der Waals surface area contributed by atoms with Crippen molar-refractivity contribution in [2.45, 2.75) is 18.8 Å². The summed E-state index contributed by atoms with van der Waals surface area (Å²) < 4.78 is 0. The maximum Gasteiger partial charge on any atom is 0.251 e. The normalized spacial score (nSPS) is 11.9. The lowest BCUT2D eigenvalue weighted by Gasteiger charge is -2.14. The first-order valence-corrected chi connectivity index (χ1v) is 7.22. The molecule has 104 valence electrons. The first kappa shape index (κ1) is 14.9. The van der Waals surface area contributed by atoms with E-state index in [1.54, 1.807) is 12.1 Å². The molecule has 1 amide bonds. The monoisotopic (exact) mass is 307 g/mol. The third kappa shape index (κ3) is 3.75. The van der Waals surface area contributed by atoms with Crippen molar-refractivity contribution in [1.82, 2.24) is 5.32 Å². The van der Waals surface area contributed by atoms with Gasteiger partial charge in [-0.25, -0.2) is 0 Å². The second-order valence-corrected chi connectivity index (χ2v) is 5.28. The van der Waals surface area contributed by atoms with Gasteiger partial charge in [0.05, 0.1) is 6.04 Å². The van der Waals surface area contributed by atoms with Crippen LogP contribution in [0.2, 0.25) is 5.02 Å². The predicted octanol–water partition coefficient (Wildman–Crippen LogP) is 4.57. The number of alkyl halides is 1. The highest BCUT2D eigenvalue weighted by Gasteiger charge is 2.11. The Morgan fingerprint density at radius 2 is 1.90 bits per heavy atom. The second kappa shape index (κ2) is 6.78. The van der Waals surface area contributed by atoms with Crippen molar-refractivity contribution in [2.24, 2.45) is 0 Å². The van der Waals surface area contributed by atoms with Crippen molar-refractivity contribution in [3.8, 4) is 0 Å². The number of halogens is 2. The first-order valence-electron chi connectivity index (χ1n) is 6.31. The molecule has 2 aromatic rings. The first-order chi connectivity index (χ1) is 9.60. The van der Waals surface area contributed by atoms with Crippen LogP contribution in [0.4, 0.5) is 0 Å². The summed E-state index contributed by atoms with van der Waals surface area (Å²) in [6, 6.07) is 14.7. The van der Waals surface area contributed by atoms with Crippen LogP contribution in [0.25, 0.3) is 0 Å². The quantitative estimate of drug-likeness (QED) is 0.824. The molecular weight excluding hydrogens is 293 g/mol. The standard InChI is InChI=1S/C16H15Cl2NO/c1-11(13-5-7-15(18)8-6-13)19-16(20)14-4-2-3-12(9-14)10-17/h2-9,11H,10H2,1H3,(H,19,20)/t11-/m0/s1. The zero-order chi connectivity index (χ0) is 14.5. The Hall–Kier alpha value is -1.51. The van der Waals surface area contributed by atoms with Crippen LogP contribution in [0.1, 0.15) is 34.5 Å². The maximum atomic E-state index is 12.2. The minimum atomic E-state index is -0.112. The fraction of sp³-hybridized carbons (Fsp3) is 0.188. The number of amides is 1. The van der Waals surface area contributed by atoms with E-state index in [1.807, 2.05) is 43.3 Å². The molecule has 0 radical (unpaired) electrons. The molecular formula is C16H15Cl2NO. The van der Waals surface area contributed by atoms with Crippen LogP contribution >= 0.6 is 23.2 Å². The molecule has 0 bridgehead atoms. The minimum Gasteiger partial charge on any atom is -0.346 e. The summed E-state index contributed by atoms with van der Waals surface area (Å²) in [6.45, 7) is 1.94. The predicted molar refractivity (Wildman–Crippen MR) is 83.3 cm³/mol. The van der Waals surface area contributed by atoms with Crippen LogP contribution in [0, 0.1) is 0 Å². The van der Waals surface area contributed by atoms with Gasteiger partial charge in [-0.1, -0.05) is 35.9 Å². The van der Waals surface area contributed by atoms with Gasteiger partial charge in [0.1, 0.15) is 0 Å². The Labute approximate surface area is 128 Å². The van der Waals surface area contributed by atoms with Crippen molar-refractivity contribution in [3.05, 3.63) is 70.2 Å². The average molecular weight is 308 g/mol. The molecule has 0 saturated carbocycles. The van der Waals surface area contributed by atoms with E-state index < -0.39 is 0 Å². The Balaban J connectivity index is 2.08. The number of rotatable bonds is 4. The van der Waals surface area contributed by atoms with E-state index in [0.29, 0.717) is 16.5 Å². The zero-order valence-electron chi connectivity index (χ0n) is 11.1. The molecule has 2 rings (SSSR count). The number of hydrogen-bond acceptors (Lipinski definition) is 1. The molecule has 1 atom stereocenters. The van der Waals surface area contributed by atoms with Gasteiger partial charge in [0.15, 0.2) is 0 Å². The lowest BCUT2D eigenvalue weighted by molar-refractivity contribution is 0.0940. The largest absolute Gasteiger partial charge is 0.346 e. The molecule has 0 heterocycles. The second-order valence-electron chi connectivity index (χ2n) is 4.58. The van der Waals surface area contributed by atoms with Crippen LogP contribution in [-0.2, 0) is 5.88 Å². The summed E-state index contributed by atoms with van der Waals surface area (Å²) in [4.78, 5) is 12.2. The number of hydrogen-bond donors (Lipinski definition) is 1. The van der Waals surface area contributed by atoms with Gasteiger partial charge >= 0.3 is 0 Å². The SMILES string of the molecule is C[C@H](NC(=O)c1cccc(CCl)c1)c1ccc(Cl)cc1. The molecule has 1 N–H and O–H groups in total. The lowest BCUT2D eigenvalue weighted by Crippen LogP contribution is -2.26. The van der Waals surface area contributed by atoms with Crippen molar-refractivity contribution in [3.63, 3.8) is 0 Å². The maximum absolute atomic E-state index is 12.2. The van der Waals surface area contributed by atoms with Gasteiger partial charge in [0.25, 0.3) is 5.91 Å². The topological polar surface area (TPSA) is 29.1 Å². The van der Waals surface area contributed by atoms with Crippen molar-refractivity contribution in [1.29, 1.82) is 0 Å². The van der Waals surface area contributed by atoms with E-state index in [-0.39, 0.29) is 11.9 Å². The highest BCUT2D eigenvalue weighted by Crippen LogP contribution is 2.17. The summed E-state index contributed by atoms with van der Waals surface area (Å²) in [7, 11) is 0. The van der Waals surface area contributed by atoms with E-state index in [0.717, 1.165) is 11.1 Å². The third-order valence-electron chi connectivity index (χ3n) is 3.06. The third-order valence-corrected chi connectivity index (χ3v) is 3.62. The number of benzene rings is 2. The number of carbonyl (C=O) groups is 1. The van der Waals surface area contributed by atoms with Gasteiger partial charge in [0, 0.05) is 16.5 Å². The fourth-order valence-electron chi connectivity index (χ4n) is 1.91. The molecule has 2 nitrogen and oxygen atoms in total.